The van der Waals surface area contributed by atoms with Crippen molar-refractivity contribution >= 4 is 34.0 Å². The van der Waals surface area contributed by atoms with Crippen LogP contribution in [0.1, 0.15) is 32.1 Å². The molecule has 32 heavy (non-hydrogen) atoms. The summed E-state index contributed by atoms with van der Waals surface area (Å²) in [5.74, 6) is -3.55. The minimum atomic E-state index is -4.97. The van der Waals surface area contributed by atoms with Gasteiger partial charge in [-0.05, 0) is 25.7 Å². The highest BCUT2D eigenvalue weighted by atomic mass is 32.2. The summed E-state index contributed by atoms with van der Waals surface area (Å²) in [7, 11) is -4.97. The van der Waals surface area contributed by atoms with Crippen LogP contribution in [-0.4, -0.2) is 66.5 Å². The second-order valence-corrected chi connectivity index (χ2v) is 11.5. The van der Waals surface area contributed by atoms with E-state index in [1.807, 2.05) is 0 Å². The zero-order chi connectivity index (χ0) is 22.5. The summed E-state index contributed by atoms with van der Waals surface area (Å²) >= 11 is 0. The second kappa shape index (κ2) is 6.66. The van der Waals surface area contributed by atoms with Crippen LogP contribution in [0.2, 0.25) is 0 Å². The molecule has 6 rings (SSSR count). The Morgan fingerprint density at radius 2 is 1.41 bits per heavy atom. The summed E-state index contributed by atoms with van der Waals surface area (Å²) in [4.78, 5) is 48.9. The first-order valence-corrected chi connectivity index (χ1v) is 12.4. The van der Waals surface area contributed by atoms with Gasteiger partial charge in [-0.1, -0.05) is 0 Å². The highest BCUT2D eigenvalue weighted by molar-refractivity contribution is 7.87. The van der Waals surface area contributed by atoms with E-state index in [0.29, 0.717) is 25.7 Å². The molecule has 0 spiro atoms. The Hall–Kier alpha value is -2.21. The Bertz CT molecular complexity index is 1020. The molecule has 12 heteroatoms. The molecule has 6 aliphatic rings. The molecule has 1 N–H and O–H groups in total. The first kappa shape index (κ1) is 20.4. The van der Waals surface area contributed by atoms with Crippen molar-refractivity contribution in [3.63, 3.8) is 0 Å². The lowest BCUT2D eigenvalue weighted by Crippen LogP contribution is -2.43. The number of fused-ring (bicyclic) bond motifs is 2. The van der Waals surface area contributed by atoms with Crippen molar-refractivity contribution in [3.8, 4) is 0 Å². The van der Waals surface area contributed by atoms with Gasteiger partial charge in [-0.3, -0.25) is 23.7 Å². The van der Waals surface area contributed by atoms with Crippen LogP contribution in [0.3, 0.4) is 0 Å². The van der Waals surface area contributed by atoms with Crippen LogP contribution in [0.15, 0.2) is 0 Å². The fraction of sp³-hybridized carbons (Fsp3) is 0.800. The SMILES string of the molecule is O=C(CC(C(=O)OC1C2OC(=O)C3C[C@@H]1CC32)S(=O)(=O)O)OC1C2CC3C(=O)OC1C3C2. The van der Waals surface area contributed by atoms with Crippen molar-refractivity contribution in [2.24, 2.45) is 35.5 Å². The standard InChI is InChI=1S/C20H22O11S/c21-13(28-14-6-1-8-10(3-6)18(22)30-16(8)14)5-12(32(25,26)27)20(24)29-15-7-2-9-11(4-7)19(23)31-17(9)15/h6-12,14-17H,1-5H2,(H,25,26,27)/t6?,7-,8?,9?,10?,11?,12?,14?,15?,16?,17?/m0/s1. The molecule has 2 aliphatic heterocycles. The third-order valence-corrected chi connectivity index (χ3v) is 9.40. The lowest BCUT2D eigenvalue weighted by Gasteiger charge is -2.27. The maximum atomic E-state index is 12.7. The Kier molecular flexibility index (Phi) is 4.24. The van der Waals surface area contributed by atoms with Crippen molar-refractivity contribution < 1.29 is 51.1 Å². The van der Waals surface area contributed by atoms with Gasteiger partial charge in [0.05, 0.1) is 18.3 Å². The minimum Gasteiger partial charge on any atom is -0.458 e. The molecule has 10 unspecified atom stereocenters. The molecule has 4 aliphatic carbocycles. The normalized spacial score (nSPS) is 45.7. The average molecular weight is 470 g/mol. The van der Waals surface area contributed by atoms with Gasteiger partial charge in [0.1, 0.15) is 24.4 Å². The fourth-order valence-electron chi connectivity index (χ4n) is 7.00. The lowest BCUT2D eigenvalue weighted by atomic mass is 9.88. The zero-order valence-corrected chi connectivity index (χ0v) is 17.6. The van der Waals surface area contributed by atoms with Crippen molar-refractivity contribution in [2.75, 3.05) is 0 Å². The average Bonchev–Trinajstić information content (AvgIpc) is 3.49. The monoisotopic (exact) mass is 470 g/mol. The summed E-state index contributed by atoms with van der Waals surface area (Å²) in [5, 5.41) is -2.15. The molecule has 4 bridgehead atoms. The second-order valence-electron chi connectivity index (χ2n) is 9.87. The minimum absolute atomic E-state index is 0.0108. The summed E-state index contributed by atoms with van der Waals surface area (Å²) in [5.41, 5.74) is 0. The van der Waals surface area contributed by atoms with E-state index in [2.05, 4.69) is 0 Å². The van der Waals surface area contributed by atoms with E-state index in [0.717, 1.165) is 0 Å². The summed E-state index contributed by atoms with van der Waals surface area (Å²) in [6, 6.07) is 0. The number of ether oxygens (including phenoxy) is 4. The van der Waals surface area contributed by atoms with Crippen molar-refractivity contribution in [1.82, 2.24) is 0 Å². The molecule has 0 aromatic rings. The number of hydrogen-bond donors (Lipinski definition) is 1. The Morgan fingerprint density at radius 1 is 0.906 bits per heavy atom. The van der Waals surface area contributed by atoms with Crippen LogP contribution in [0.25, 0.3) is 0 Å². The lowest BCUT2D eigenvalue weighted by molar-refractivity contribution is -0.166. The van der Waals surface area contributed by atoms with Crippen LogP contribution < -0.4 is 0 Å². The Morgan fingerprint density at radius 3 is 1.91 bits per heavy atom. The van der Waals surface area contributed by atoms with Gasteiger partial charge in [-0.2, -0.15) is 8.42 Å². The highest BCUT2D eigenvalue weighted by Gasteiger charge is 2.64. The van der Waals surface area contributed by atoms with Crippen molar-refractivity contribution in [1.29, 1.82) is 0 Å². The first-order chi connectivity index (χ1) is 15.1. The molecule has 2 heterocycles. The van der Waals surface area contributed by atoms with E-state index in [-0.39, 0.29) is 47.4 Å². The molecular weight excluding hydrogens is 448 g/mol. The van der Waals surface area contributed by atoms with E-state index in [1.54, 1.807) is 0 Å². The van der Waals surface area contributed by atoms with E-state index >= 15 is 0 Å². The number of rotatable bonds is 6. The summed E-state index contributed by atoms with van der Waals surface area (Å²) < 4.78 is 54.7. The van der Waals surface area contributed by atoms with Gasteiger partial charge in [-0.15, -0.1) is 0 Å². The summed E-state index contributed by atoms with van der Waals surface area (Å²) in [6.07, 6.45) is -1.20. The third-order valence-electron chi connectivity index (χ3n) is 8.32. The van der Waals surface area contributed by atoms with Crippen LogP contribution in [0, 0.1) is 35.5 Å². The maximum Gasteiger partial charge on any atom is 0.327 e. The predicted octanol–water partition coefficient (Wildman–Crippen LogP) is -0.381. The fourth-order valence-corrected chi connectivity index (χ4v) is 7.65. The molecular formula is C20H22O11S. The molecule has 0 aromatic carbocycles. The third kappa shape index (κ3) is 2.84. The summed E-state index contributed by atoms with van der Waals surface area (Å²) in [6.45, 7) is 0. The molecule has 2 saturated heterocycles. The quantitative estimate of drug-likeness (QED) is 0.306. The van der Waals surface area contributed by atoms with Gasteiger partial charge in [0.15, 0.2) is 5.25 Å². The molecule has 6 fully saturated rings. The van der Waals surface area contributed by atoms with Crippen LogP contribution in [0.5, 0.6) is 0 Å². The highest BCUT2D eigenvalue weighted by Crippen LogP contribution is 2.56. The molecule has 4 saturated carbocycles. The smallest absolute Gasteiger partial charge is 0.327 e. The van der Waals surface area contributed by atoms with E-state index in [9.17, 15) is 32.1 Å². The van der Waals surface area contributed by atoms with Crippen molar-refractivity contribution in [2.45, 2.75) is 61.8 Å². The molecule has 174 valence electrons. The molecule has 0 radical (unpaired) electrons. The number of carbonyl (C=O) groups is 4. The van der Waals surface area contributed by atoms with Crippen LogP contribution >= 0.6 is 0 Å². The van der Waals surface area contributed by atoms with Crippen LogP contribution in [-0.2, 0) is 48.2 Å². The molecule has 0 amide bonds. The molecule has 0 aromatic heterocycles. The first-order valence-electron chi connectivity index (χ1n) is 10.9. The topological polar surface area (TPSA) is 160 Å². The van der Waals surface area contributed by atoms with Gasteiger partial charge in [0, 0.05) is 23.7 Å². The zero-order valence-electron chi connectivity index (χ0n) is 16.8. The predicted molar refractivity (Wildman–Crippen MR) is 98.9 cm³/mol. The van der Waals surface area contributed by atoms with Gasteiger partial charge >= 0.3 is 23.9 Å². The number of hydrogen-bond acceptors (Lipinski definition) is 10. The van der Waals surface area contributed by atoms with E-state index in [4.69, 9.17) is 18.9 Å². The van der Waals surface area contributed by atoms with Crippen molar-refractivity contribution in [3.05, 3.63) is 0 Å². The molecule has 11 atom stereocenters. The Labute approximate surface area is 182 Å². The maximum absolute atomic E-state index is 12.7. The molecule has 11 nitrogen and oxygen atoms in total. The van der Waals surface area contributed by atoms with E-state index in [1.165, 1.54) is 0 Å². The number of carbonyl (C=O) groups excluding carboxylic acids is 4. The van der Waals surface area contributed by atoms with Gasteiger partial charge < -0.3 is 18.9 Å². The number of esters is 4. The van der Waals surface area contributed by atoms with Gasteiger partial charge in [-0.25, -0.2) is 0 Å². The van der Waals surface area contributed by atoms with E-state index < -0.39 is 58.1 Å². The van der Waals surface area contributed by atoms with Gasteiger partial charge in [0.2, 0.25) is 0 Å². The Balaban J connectivity index is 1.12. The largest absolute Gasteiger partial charge is 0.458 e. The van der Waals surface area contributed by atoms with Crippen LogP contribution in [0.4, 0.5) is 0 Å². The van der Waals surface area contributed by atoms with Gasteiger partial charge in [0.25, 0.3) is 10.1 Å².